The van der Waals surface area contributed by atoms with Crippen LogP contribution >= 0.6 is 0 Å². The maximum atomic E-state index is 11.7. The normalized spacial score (nSPS) is 12.9. The summed E-state index contributed by atoms with van der Waals surface area (Å²) in [6.07, 6.45) is -0.715. The van der Waals surface area contributed by atoms with Gasteiger partial charge in [-0.25, -0.2) is 4.79 Å². The highest BCUT2D eigenvalue weighted by molar-refractivity contribution is 5.68. The Hall–Kier alpha value is -1.71. The fourth-order valence-electron chi connectivity index (χ4n) is 1.81. The van der Waals surface area contributed by atoms with Gasteiger partial charge >= 0.3 is 6.09 Å². The number of carbonyl (C=O) groups is 1. The number of nitrogens with one attached hydrogen (secondary N) is 1. The summed E-state index contributed by atoms with van der Waals surface area (Å²) in [4.78, 5) is 11.7. The van der Waals surface area contributed by atoms with Gasteiger partial charge < -0.3 is 15.8 Å². The van der Waals surface area contributed by atoms with E-state index in [-0.39, 0.29) is 11.6 Å². The molecule has 0 aliphatic heterocycles. The molecule has 0 saturated carbocycles. The number of amides is 1. The minimum Gasteiger partial charge on any atom is -0.442 e. The van der Waals surface area contributed by atoms with Crippen LogP contribution in [0.4, 0.5) is 10.5 Å². The van der Waals surface area contributed by atoms with Crippen LogP contribution in [0.3, 0.4) is 0 Å². The summed E-state index contributed by atoms with van der Waals surface area (Å²) in [5, 5.41) is 2.77. The minimum absolute atomic E-state index is 0.302. The maximum absolute atomic E-state index is 11.7. The summed E-state index contributed by atoms with van der Waals surface area (Å²) < 4.78 is 5.37. The van der Waals surface area contributed by atoms with E-state index in [2.05, 4.69) is 5.32 Å². The van der Waals surface area contributed by atoms with Gasteiger partial charge in [0.1, 0.15) is 6.10 Å². The van der Waals surface area contributed by atoms with E-state index < -0.39 is 6.09 Å². The summed E-state index contributed by atoms with van der Waals surface area (Å²) in [7, 11) is 0. The first-order chi connectivity index (χ1) is 8.60. The van der Waals surface area contributed by atoms with E-state index in [9.17, 15) is 4.79 Å². The fraction of sp³-hybridized carbons (Fsp3) is 0.533. The number of aryl methyl sites for hydroxylation is 2. The van der Waals surface area contributed by atoms with Gasteiger partial charge in [-0.2, -0.15) is 0 Å². The molecule has 0 fully saturated rings. The topological polar surface area (TPSA) is 64.3 Å². The highest BCUT2D eigenvalue weighted by Gasteiger charge is 2.18. The van der Waals surface area contributed by atoms with Gasteiger partial charge in [-0.3, -0.25) is 0 Å². The lowest BCUT2D eigenvalue weighted by Crippen LogP contribution is -2.41. The molecule has 0 aliphatic rings. The van der Waals surface area contributed by atoms with Gasteiger partial charge in [-0.1, -0.05) is 12.1 Å². The molecule has 1 rings (SSSR count). The van der Waals surface area contributed by atoms with Crippen molar-refractivity contribution in [3.05, 3.63) is 28.8 Å². The average Bonchev–Trinajstić information content (AvgIpc) is 2.22. The van der Waals surface area contributed by atoms with Crippen molar-refractivity contribution < 1.29 is 9.53 Å². The Morgan fingerprint density at radius 2 is 1.74 bits per heavy atom. The van der Waals surface area contributed by atoms with Crippen LogP contribution in [-0.2, 0) is 4.74 Å². The van der Waals surface area contributed by atoms with Crippen molar-refractivity contribution in [2.24, 2.45) is 0 Å². The first-order valence-corrected chi connectivity index (χ1v) is 6.45. The van der Waals surface area contributed by atoms with Crippen molar-refractivity contribution in [3.63, 3.8) is 0 Å². The summed E-state index contributed by atoms with van der Waals surface area (Å²) >= 11 is 0. The second-order valence-corrected chi connectivity index (χ2v) is 5.99. The van der Waals surface area contributed by atoms with E-state index >= 15 is 0 Å². The number of ether oxygens (including phenoxy) is 1. The molecule has 0 radical (unpaired) electrons. The van der Waals surface area contributed by atoms with E-state index in [1.54, 1.807) is 0 Å². The second kappa shape index (κ2) is 5.51. The average molecular weight is 264 g/mol. The molecule has 19 heavy (non-hydrogen) atoms. The van der Waals surface area contributed by atoms with Gasteiger partial charge in [0.15, 0.2) is 0 Å². The van der Waals surface area contributed by atoms with Crippen LogP contribution in [0.15, 0.2) is 12.1 Å². The summed E-state index contributed by atoms with van der Waals surface area (Å²) in [6.45, 7) is 11.5. The molecule has 1 amide bonds. The number of hydrogen-bond acceptors (Lipinski definition) is 3. The van der Waals surface area contributed by atoms with Crippen LogP contribution in [0.2, 0.25) is 0 Å². The SMILES string of the molecule is Cc1cc(C(C)OC(=O)NC(C)(C)C)cc(C)c1N. The molecule has 0 aliphatic carbocycles. The Kier molecular flexibility index (Phi) is 4.45. The lowest BCUT2D eigenvalue weighted by molar-refractivity contribution is 0.1000. The monoisotopic (exact) mass is 264 g/mol. The zero-order valence-electron chi connectivity index (χ0n) is 12.6. The molecule has 106 valence electrons. The largest absolute Gasteiger partial charge is 0.442 e. The number of anilines is 1. The molecule has 0 spiro atoms. The van der Waals surface area contributed by atoms with Crippen molar-refractivity contribution in [1.29, 1.82) is 0 Å². The van der Waals surface area contributed by atoms with Gasteiger partial charge in [0.05, 0.1) is 0 Å². The van der Waals surface area contributed by atoms with E-state index in [1.807, 2.05) is 53.7 Å². The third-order valence-corrected chi connectivity index (χ3v) is 2.85. The smallest absolute Gasteiger partial charge is 0.408 e. The fourth-order valence-corrected chi connectivity index (χ4v) is 1.81. The summed E-state index contributed by atoms with van der Waals surface area (Å²) in [6, 6.07) is 3.91. The molecule has 1 aromatic carbocycles. The molecular weight excluding hydrogens is 240 g/mol. The molecule has 1 unspecified atom stereocenters. The van der Waals surface area contributed by atoms with E-state index in [1.165, 1.54) is 0 Å². The quantitative estimate of drug-likeness (QED) is 0.804. The number of rotatable bonds is 2. The van der Waals surface area contributed by atoms with E-state index in [0.29, 0.717) is 0 Å². The van der Waals surface area contributed by atoms with Crippen LogP contribution in [-0.4, -0.2) is 11.6 Å². The minimum atomic E-state index is -0.410. The number of nitrogens with two attached hydrogens (primary N) is 1. The van der Waals surface area contributed by atoms with Crippen LogP contribution in [0.5, 0.6) is 0 Å². The molecule has 4 heteroatoms. The first-order valence-electron chi connectivity index (χ1n) is 6.45. The van der Waals surface area contributed by atoms with Gasteiger partial charge in [0.2, 0.25) is 0 Å². The van der Waals surface area contributed by atoms with Crippen molar-refractivity contribution in [2.45, 2.75) is 53.2 Å². The molecule has 0 aromatic heterocycles. The van der Waals surface area contributed by atoms with Crippen molar-refractivity contribution in [2.75, 3.05) is 5.73 Å². The van der Waals surface area contributed by atoms with Crippen molar-refractivity contribution in [1.82, 2.24) is 5.32 Å². The van der Waals surface area contributed by atoms with Gasteiger partial charge in [-0.15, -0.1) is 0 Å². The van der Waals surface area contributed by atoms with Crippen LogP contribution in [0.25, 0.3) is 0 Å². The number of nitrogen functional groups attached to an aromatic ring is 1. The second-order valence-electron chi connectivity index (χ2n) is 5.99. The number of benzene rings is 1. The maximum Gasteiger partial charge on any atom is 0.408 e. The highest BCUT2D eigenvalue weighted by atomic mass is 16.6. The lowest BCUT2D eigenvalue weighted by Gasteiger charge is -2.22. The number of carbonyl (C=O) groups excluding carboxylic acids is 1. The van der Waals surface area contributed by atoms with Crippen LogP contribution in [0, 0.1) is 13.8 Å². The molecule has 1 aromatic rings. The number of hydrogen-bond donors (Lipinski definition) is 2. The Morgan fingerprint density at radius 3 is 2.16 bits per heavy atom. The highest BCUT2D eigenvalue weighted by Crippen LogP contribution is 2.24. The van der Waals surface area contributed by atoms with Gasteiger partial charge in [0.25, 0.3) is 0 Å². The molecule has 1 atom stereocenters. The Labute approximate surface area is 115 Å². The molecule has 0 heterocycles. The zero-order valence-corrected chi connectivity index (χ0v) is 12.6. The molecule has 0 saturated heterocycles. The van der Waals surface area contributed by atoms with Crippen LogP contribution < -0.4 is 11.1 Å². The number of alkyl carbamates (subject to hydrolysis) is 1. The third-order valence-electron chi connectivity index (χ3n) is 2.85. The van der Waals surface area contributed by atoms with Crippen molar-refractivity contribution in [3.8, 4) is 0 Å². The standard InChI is InChI=1S/C15H24N2O2/c1-9-7-12(8-10(2)13(9)16)11(3)19-14(18)17-15(4,5)6/h7-8,11H,16H2,1-6H3,(H,17,18). The molecule has 3 N–H and O–H groups in total. The predicted octanol–water partition coefficient (Wildman–Crippen LogP) is 3.47. The van der Waals surface area contributed by atoms with Gasteiger partial charge in [0, 0.05) is 11.2 Å². The zero-order chi connectivity index (χ0) is 14.8. The first kappa shape index (κ1) is 15.3. The van der Waals surface area contributed by atoms with Gasteiger partial charge in [-0.05, 0) is 58.2 Å². The molecule has 4 nitrogen and oxygen atoms in total. The third kappa shape index (κ3) is 4.47. The Bertz CT molecular complexity index is 453. The summed E-state index contributed by atoms with van der Waals surface area (Å²) in [5.74, 6) is 0. The van der Waals surface area contributed by atoms with E-state index in [4.69, 9.17) is 10.5 Å². The Morgan fingerprint density at radius 1 is 1.26 bits per heavy atom. The van der Waals surface area contributed by atoms with Crippen molar-refractivity contribution >= 4 is 11.8 Å². The molecule has 0 bridgehead atoms. The van der Waals surface area contributed by atoms with E-state index in [0.717, 1.165) is 22.4 Å². The van der Waals surface area contributed by atoms with Crippen LogP contribution in [0.1, 0.15) is 50.5 Å². The Balaban J connectivity index is 2.79. The predicted molar refractivity (Wildman–Crippen MR) is 78.1 cm³/mol. The summed E-state index contributed by atoms with van der Waals surface area (Å²) in [5.41, 5.74) is 9.36. The molecular formula is C15H24N2O2. The lowest BCUT2D eigenvalue weighted by atomic mass is 10.0.